The molecule has 2 nitrogen and oxygen atoms in total. The minimum Gasteiger partial charge on any atom is -0.297 e. The first-order chi connectivity index (χ1) is 6.76. The number of nitrogens with zero attached hydrogens (tertiary/aromatic N) is 1. The first-order valence-corrected chi connectivity index (χ1v) is 5.44. The molecule has 0 bridgehead atoms. The van der Waals surface area contributed by atoms with Crippen molar-refractivity contribution in [2.45, 2.75) is 0 Å². The smallest absolute Gasteiger partial charge is 0.161 e. The Balaban J connectivity index is 2.82. The maximum Gasteiger partial charge on any atom is 0.161 e. The summed E-state index contributed by atoms with van der Waals surface area (Å²) in [7, 11) is 0. The number of nitriles is 1. The van der Waals surface area contributed by atoms with Crippen LogP contribution in [-0.2, 0) is 0 Å². The molecule has 0 amide bonds. The fourth-order valence-electron chi connectivity index (χ4n) is 1.23. The van der Waals surface area contributed by atoms with Crippen LogP contribution < -0.4 is 0 Å². The largest absolute Gasteiger partial charge is 0.297 e. The van der Waals surface area contributed by atoms with Gasteiger partial charge in [-0.1, -0.05) is 0 Å². The predicted octanol–water partition coefficient (Wildman–Crippen LogP) is 3.35. The number of rotatable bonds is 1. The highest BCUT2D eigenvalue weighted by atomic mass is 79.9. The molecule has 68 valence electrons. The molecule has 1 aromatic carbocycles. The average Bonchev–Trinajstić information content (AvgIpc) is 2.55. The summed E-state index contributed by atoms with van der Waals surface area (Å²) in [6.07, 6.45) is 0.820. The van der Waals surface area contributed by atoms with Gasteiger partial charge >= 0.3 is 0 Å². The van der Waals surface area contributed by atoms with E-state index in [4.69, 9.17) is 5.26 Å². The van der Waals surface area contributed by atoms with Gasteiger partial charge in [0.15, 0.2) is 6.29 Å². The molecule has 0 fully saturated rings. The van der Waals surface area contributed by atoms with Gasteiger partial charge in [0.1, 0.15) is 0 Å². The molecule has 0 aliphatic heterocycles. The molecule has 4 heteroatoms. The van der Waals surface area contributed by atoms with Crippen molar-refractivity contribution in [3.05, 3.63) is 33.1 Å². The van der Waals surface area contributed by atoms with E-state index in [9.17, 15) is 4.79 Å². The number of fused-ring (bicyclic) bond motifs is 1. The molecular formula is C10H4BrNOS. The van der Waals surface area contributed by atoms with Gasteiger partial charge in [-0.15, -0.1) is 11.3 Å². The second-order valence-electron chi connectivity index (χ2n) is 2.72. The van der Waals surface area contributed by atoms with Crippen LogP contribution in [0.5, 0.6) is 0 Å². The van der Waals surface area contributed by atoms with E-state index in [2.05, 4.69) is 22.0 Å². The molecule has 0 N–H and O–H groups in total. The predicted molar refractivity (Wildman–Crippen MR) is 59.6 cm³/mol. The Morgan fingerprint density at radius 3 is 2.93 bits per heavy atom. The summed E-state index contributed by atoms with van der Waals surface area (Å²) < 4.78 is 1.79. The fourth-order valence-corrected chi connectivity index (χ4v) is 2.92. The minimum absolute atomic E-state index is 0.605. The molecule has 0 aliphatic rings. The van der Waals surface area contributed by atoms with E-state index in [1.807, 2.05) is 6.07 Å². The number of hydrogen-bond donors (Lipinski definition) is 0. The van der Waals surface area contributed by atoms with Gasteiger partial charge in [0.05, 0.1) is 16.5 Å². The average molecular weight is 266 g/mol. The van der Waals surface area contributed by atoms with Crippen molar-refractivity contribution in [1.29, 1.82) is 5.26 Å². The third-order valence-electron chi connectivity index (χ3n) is 1.89. The van der Waals surface area contributed by atoms with Crippen LogP contribution in [-0.4, -0.2) is 6.29 Å². The lowest BCUT2D eigenvalue weighted by molar-refractivity contribution is 0.112. The Morgan fingerprint density at radius 2 is 2.29 bits per heavy atom. The summed E-state index contributed by atoms with van der Waals surface area (Å²) >= 11 is 4.76. The van der Waals surface area contributed by atoms with E-state index in [1.54, 1.807) is 12.1 Å². The Bertz CT molecular complexity index is 553. The van der Waals surface area contributed by atoms with E-state index in [0.717, 1.165) is 20.8 Å². The van der Waals surface area contributed by atoms with Crippen LogP contribution in [0, 0.1) is 11.3 Å². The van der Waals surface area contributed by atoms with Crippen molar-refractivity contribution in [3.8, 4) is 6.07 Å². The van der Waals surface area contributed by atoms with Crippen LogP contribution in [0.25, 0.3) is 10.1 Å². The zero-order valence-electron chi connectivity index (χ0n) is 6.95. The number of halogens is 1. The normalized spacial score (nSPS) is 10.0. The molecule has 0 saturated carbocycles. The van der Waals surface area contributed by atoms with Crippen LogP contribution in [0.4, 0.5) is 0 Å². The first kappa shape index (κ1) is 9.38. The SMILES string of the molecule is N#Cc1ccc2sc(C=O)c(Br)c2c1. The second-order valence-corrected chi connectivity index (χ2v) is 4.60. The second kappa shape index (κ2) is 3.52. The molecule has 0 spiro atoms. The zero-order valence-corrected chi connectivity index (χ0v) is 9.35. The fraction of sp³-hybridized carbons (Fsp3) is 0. The Morgan fingerprint density at radius 1 is 1.50 bits per heavy atom. The third kappa shape index (κ3) is 1.35. The molecule has 14 heavy (non-hydrogen) atoms. The minimum atomic E-state index is 0.605. The number of thiophene rings is 1. The summed E-state index contributed by atoms with van der Waals surface area (Å²) in [5.74, 6) is 0. The van der Waals surface area contributed by atoms with Gasteiger partial charge in [-0.05, 0) is 34.1 Å². The lowest BCUT2D eigenvalue weighted by Gasteiger charge is -1.90. The molecule has 0 aliphatic carbocycles. The molecule has 2 aromatic rings. The number of aldehydes is 1. The van der Waals surface area contributed by atoms with E-state index in [-0.39, 0.29) is 0 Å². The Labute approximate surface area is 92.9 Å². The quantitative estimate of drug-likeness (QED) is 0.742. The standard InChI is InChI=1S/C10H4BrNOS/c11-10-7-3-6(4-12)1-2-8(7)14-9(10)5-13/h1-3,5H. The van der Waals surface area contributed by atoms with Crippen molar-refractivity contribution >= 4 is 43.6 Å². The third-order valence-corrected chi connectivity index (χ3v) is 4.10. The van der Waals surface area contributed by atoms with Crippen LogP contribution >= 0.6 is 27.3 Å². The van der Waals surface area contributed by atoms with Crippen molar-refractivity contribution in [3.63, 3.8) is 0 Å². The number of carbonyl (C=O) groups excluding carboxylic acids is 1. The van der Waals surface area contributed by atoms with E-state index in [0.29, 0.717) is 10.4 Å². The monoisotopic (exact) mass is 265 g/mol. The van der Waals surface area contributed by atoms with Crippen LogP contribution in [0.15, 0.2) is 22.7 Å². The topological polar surface area (TPSA) is 40.9 Å². The lowest BCUT2D eigenvalue weighted by atomic mass is 10.2. The lowest BCUT2D eigenvalue weighted by Crippen LogP contribution is -1.73. The summed E-state index contributed by atoms with van der Waals surface area (Å²) in [5.41, 5.74) is 0.605. The van der Waals surface area contributed by atoms with E-state index >= 15 is 0 Å². The van der Waals surface area contributed by atoms with Crippen LogP contribution in [0.3, 0.4) is 0 Å². The number of benzene rings is 1. The van der Waals surface area contributed by atoms with Gasteiger partial charge in [0, 0.05) is 14.6 Å². The number of hydrogen-bond acceptors (Lipinski definition) is 3. The molecule has 0 unspecified atom stereocenters. The van der Waals surface area contributed by atoms with Gasteiger partial charge in [0.2, 0.25) is 0 Å². The van der Waals surface area contributed by atoms with Gasteiger partial charge in [-0.3, -0.25) is 4.79 Å². The van der Waals surface area contributed by atoms with Crippen molar-refractivity contribution in [2.75, 3.05) is 0 Å². The molecule has 0 atom stereocenters. The highest BCUT2D eigenvalue weighted by Gasteiger charge is 2.09. The van der Waals surface area contributed by atoms with Gasteiger partial charge in [-0.25, -0.2) is 0 Å². The molecular weight excluding hydrogens is 262 g/mol. The van der Waals surface area contributed by atoms with Crippen LogP contribution in [0.2, 0.25) is 0 Å². The van der Waals surface area contributed by atoms with E-state index < -0.39 is 0 Å². The summed E-state index contributed by atoms with van der Waals surface area (Å²) in [4.78, 5) is 11.3. The molecule has 0 saturated heterocycles. The Kier molecular flexibility index (Phi) is 2.36. The highest BCUT2D eigenvalue weighted by Crippen LogP contribution is 2.34. The zero-order chi connectivity index (χ0) is 10.1. The van der Waals surface area contributed by atoms with Gasteiger partial charge in [-0.2, -0.15) is 5.26 Å². The Hall–Kier alpha value is -1.18. The summed E-state index contributed by atoms with van der Waals surface area (Å²) in [6, 6.07) is 7.46. The first-order valence-electron chi connectivity index (χ1n) is 3.83. The van der Waals surface area contributed by atoms with E-state index in [1.165, 1.54) is 11.3 Å². The summed E-state index contributed by atoms with van der Waals surface area (Å²) in [5, 5.41) is 9.65. The molecule has 0 radical (unpaired) electrons. The van der Waals surface area contributed by atoms with Crippen LogP contribution in [0.1, 0.15) is 15.2 Å². The number of carbonyl (C=O) groups is 1. The highest BCUT2D eigenvalue weighted by molar-refractivity contribution is 9.10. The van der Waals surface area contributed by atoms with Crippen molar-refractivity contribution in [1.82, 2.24) is 0 Å². The van der Waals surface area contributed by atoms with Crippen molar-refractivity contribution in [2.24, 2.45) is 0 Å². The summed E-state index contributed by atoms with van der Waals surface area (Å²) in [6.45, 7) is 0. The van der Waals surface area contributed by atoms with Gasteiger partial charge in [0.25, 0.3) is 0 Å². The maximum absolute atomic E-state index is 10.7. The molecule has 1 aromatic heterocycles. The molecule has 2 rings (SSSR count). The van der Waals surface area contributed by atoms with Crippen molar-refractivity contribution < 1.29 is 4.79 Å². The maximum atomic E-state index is 10.7. The molecule has 1 heterocycles. The van der Waals surface area contributed by atoms with Gasteiger partial charge < -0.3 is 0 Å².